The molecule has 0 saturated carbocycles. The first-order valence-electron chi connectivity index (χ1n) is 8.47. The number of benzene rings is 1. The minimum absolute atomic E-state index is 0.0107. The zero-order valence-electron chi connectivity index (χ0n) is 14.6. The molecule has 0 radical (unpaired) electrons. The molecule has 1 fully saturated rings. The number of morpholine rings is 1. The summed E-state index contributed by atoms with van der Waals surface area (Å²) < 4.78 is 10.7. The van der Waals surface area contributed by atoms with Gasteiger partial charge >= 0.3 is 0 Å². The molecule has 1 atom stereocenters. The van der Waals surface area contributed by atoms with E-state index in [4.69, 9.17) is 9.47 Å². The number of aromatic nitrogens is 2. The molecule has 2 heterocycles. The predicted octanol–water partition coefficient (Wildman–Crippen LogP) is 0.582. The summed E-state index contributed by atoms with van der Waals surface area (Å²) in [6.45, 7) is 3.35. The van der Waals surface area contributed by atoms with Crippen molar-refractivity contribution in [2.45, 2.75) is 6.04 Å². The van der Waals surface area contributed by atoms with E-state index in [2.05, 4.69) is 20.4 Å². The molecule has 0 aliphatic carbocycles. The zero-order valence-corrected chi connectivity index (χ0v) is 14.6. The molecule has 138 valence electrons. The highest BCUT2D eigenvalue weighted by Gasteiger charge is 2.23. The van der Waals surface area contributed by atoms with Crippen molar-refractivity contribution >= 4 is 5.91 Å². The Morgan fingerprint density at radius 1 is 1.27 bits per heavy atom. The molecule has 2 aromatic rings. The van der Waals surface area contributed by atoms with Crippen molar-refractivity contribution in [1.29, 1.82) is 0 Å². The molecule has 0 spiro atoms. The van der Waals surface area contributed by atoms with Crippen molar-refractivity contribution < 1.29 is 14.3 Å². The molecular formula is C18H22N4O4. The third kappa shape index (κ3) is 4.47. The van der Waals surface area contributed by atoms with E-state index in [-0.39, 0.29) is 23.2 Å². The first-order valence-corrected chi connectivity index (χ1v) is 8.47. The average Bonchev–Trinajstić information content (AvgIpc) is 2.70. The van der Waals surface area contributed by atoms with Gasteiger partial charge in [0.2, 0.25) is 0 Å². The van der Waals surface area contributed by atoms with E-state index >= 15 is 0 Å². The number of H-pyrrole nitrogens is 1. The van der Waals surface area contributed by atoms with Crippen LogP contribution in [0.2, 0.25) is 0 Å². The van der Waals surface area contributed by atoms with Crippen LogP contribution >= 0.6 is 0 Å². The molecule has 1 amide bonds. The summed E-state index contributed by atoms with van der Waals surface area (Å²) in [5.74, 6) is 0.462. The van der Waals surface area contributed by atoms with E-state index in [0.717, 1.165) is 24.4 Å². The molecule has 1 aliphatic rings. The minimum Gasteiger partial charge on any atom is -0.497 e. The maximum atomic E-state index is 12.3. The molecule has 1 aromatic heterocycles. The Hall–Kier alpha value is -2.71. The van der Waals surface area contributed by atoms with Gasteiger partial charge in [0.1, 0.15) is 11.4 Å². The number of nitrogens with zero attached hydrogens (tertiary/aromatic N) is 2. The van der Waals surface area contributed by atoms with Crippen molar-refractivity contribution in [2.75, 3.05) is 40.0 Å². The van der Waals surface area contributed by atoms with Gasteiger partial charge in [-0.05, 0) is 23.8 Å². The SMILES string of the molecule is COc1ccc([C@@H](CNC(=O)c2ccc(=O)[nH]n2)N2CCOCC2)cc1. The van der Waals surface area contributed by atoms with Crippen LogP contribution in [0.25, 0.3) is 0 Å². The van der Waals surface area contributed by atoms with Crippen LogP contribution in [0.1, 0.15) is 22.1 Å². The Bertz CT molecular complexity index is 764. The summed E-state index contributed by atoms with van der Waals surface area (Å²) in [5.41, 5.74) is 0.925. The largest absolute Gasteiger partial charge is 0.497 e. The molecule has 1 aliphatic heterocycles. The van der Waals surface area contributed by atoms with E-state index < -0.39 is 0 Å². The van der Waals surface area contributed by atoms with Gasteiger partial charge in [-0.3, -0.25) is 14.5 Å². The maximum Gasteiger partial charge on any atom is 0.271 e. The van der Waals surface area contributed by atoms with Crippen LogP contribution in [0.15, 0.2) is 41.2 Å². The summed E-state index contributed by atoms with van der Waals surface area (Å²) in [6, 6.07) is 10.5. The van der Waals surface area contributed by atoms with Gasteiger partial charge in [0.25, 0.3) is 11.5 Å². The zero-order chi connectivity index (χ0) is 18.4. The fourth-order valence-electron chi connectivity index (χ4n) is 2.92. The van der Waals surface area contributed by atoms with E-state index in [1.165, 1.54) is 12.1 Å². The van der Waals surface area contributed by atoms with Crippen LogP contribution < -0.4 is 15.6 Å². The third-order valence-electron chi connectivity index (χ3n) is 4.35. The second kappa shape index (κ2) is 8.59. The third-order valence-corrected chi connectivity index (χ3v) is 4.35. The van der Waals surface area contributed by atoms with E-state index in [9.17, 15) is 9.59 Å². The molecule has 1 aromatic carbocycles. The Balaban J connectivity index is 1.73. The van der Waals surface area contributed by atoms with Gasteiger partial charge in [-0.15, -0.1) is 0 Å². The number of hydrogen-bond acceptors (Lipinski definition) is 6. The number of hydrogen-bond donors (Lipinski definition) is 2. The van der Waals surface area contributed by atoms with Crippen LogP contribution in [-0.4, -0.2) is 61.0 Å². The van der Waals surface area contributed by atoms with E-state index in [0.29, 0.717) is 19.8 Å². The number of amides is 1. The Labute approximate surface area is 151 Å². The predicted molar refractivity (Wildman–Crippen MR) is 95.3 cm³/mol. The van der Waals surface area contributed by atoms with Gasteiger partial charge in [0.15, 0.2) is 0 Å². The van der Waals surface area contributed by atoms with Gasteiger partial charge in [0, 0.05) is 25.7 Å². The molecule has 1 saturated heterocycles. The molecule has 8 heteroatoms. The van der Waals surface area contributed by atoms with Crippen molar-refractivity contribution in [3.05, 3.63) is 58.0 Å². The number of carbonyl (C=O) groups excluding carboxylic acids is 1. The van der Waals surface area contributed by atoms with Crippen LogP contribution in [0.4, 0.5) is 0 Å². The normalized spacial score (nSPS) is 16.0. The maximum absolute atomic E-state index is 12.3. The first kappa shape index (κ1) is 18.1. The second-order valence-corrected chi connectivity index (χ2v) is 5.95. The molecular weight excluding hydrogens is 336 g/mol. The van der Waals surface area contributed by atoms with Crippen molar-refractivity contribution in [1.82, 2.24) is 20.4 Å². The highest BCUT2D eigenvalue weighted by Crippen LogP contribution is 2.23. The molecule has 3 rings (SSSR count). The van der Waals surface area contributed by atoms with Crippen molar-refractivity contribution in [3.8, 4) is 5.75 Å². The Morgan fingerprint density at radius 3 is 2.62 bits per heavy atom. The fourth-order valence-corrected chi connectivity index (χ4v) is 2.92. The summed E-state index contributed by atoms with van der Waals surface area (Å²) in [5, 5.41) is 8.94. The lowest BCUT2D eigenvalue weighted by molar-refractivity contribution is 0.0162. The van der Waals surface area contributed by atoms with E-state index in [1.807, 2.05) is 24.3 Å². The lowest BCUT2D eigenvalue weighted by atomic mass is 10.0. The van der Waals surface area contributed by atoms with E-state index in [1.54, 1.807) is 7.11 Å². The van der Waals surface area contributed by atoms with Crippen molar-refractivity contribution in [3.63, 3.8) is 0 Å². The van der Waals surface area contributed by atoms with Gasteiger partial charge in [-0.2, -0.15) is 5.10 Å². The lowest BCUT2D eigenvalue weighted by Crippen LogP contribution is -2.44. The monoisotopic (exact) mass is 358 g/mol. The number of aromatic amines is 1. The molecule has 0 bridgehead atoms. The van der Waals surface area contributed by atoms with Crippen LogP contribution in [0, 0.1) is 0 Å². The second-order valence-electron chi connectivity index (χ2n) is 5.95. The highest BCUT2D eigenvalue weighted by molar-refractivity contribution is 5.91. The first-order chi connectivity index (χ1) is 12.7. The van der Waals surface area contributed by atoms with Crippen LogP contribution in [-0.2, 0) is 4.74 Å². The topological polar surface area (TPSA) is 96.5 Å². The standard InChI is InChI=1S/C18H22N4O4/c1-25-14-4-2-13(3-5-14)16(22-8-10-26-11-9-22)12-19-18(24)15-6-7-17(23)21-20-15/h2-7,16H,8-12H2,1H3,(H,19,24)(H,21,23)/t16-/m1/s1. The molecule has 0 unspecified atom stereocenters. The van der Waals surface area contributed by atoms with Crippen LogP contribution in [0.5, 0.6) is 5.75 Å². The minimum atomic E-state index is -0.342. The average molecular weight is 358 g/mol. The smallest absolute Gasteiger partial charge is 0.271 e. The Morgan fingerprint density at radius 2 is 2.00 bits per heavy atom. The van der Waals surface area contributed by atoms with Gasteiger partial charge in [0.05, 0.1) is 26.4 Å². The molecule has 26 heavy (non-hydrogen) atoms. The number of methoxy groups -OCH3 is 1. The number of ether oxygens (including phenoxy) is 2. The summed E-state index contributed by atoms with van der Waals surface area (Å²) in [6.07, 6.45) is 0. The lowest BCUT2D eigenvalue weighted by Gasteiger charge is -2.35. The van der Waals surface area contributed by atoms with Gasteiger partial charge in [-0.25, -0.2) is 5.10 Å². The summed E-state index contributed by atoms with van der Waals surface area (Å²) >= 11 is 0. The number of carbonyl (C=O) groups is 1. The summed E-state index contributed by atoms with van der Waals surface area (Å²) in [7, 11) is 1.63. The molecule has 8 nitrogen and oxygen atoms in total. The number of rotatable bonds is 6. The fraction of sp³-hybridized carbons (Fsp3) is 0.389. The van der Waals surface area contributed by atoms with Gasteiger partial charge < -0.3 is 14.8 Å². The van der Waals surface area contributed by atoms with Crippen molar-refractivity contribution in [2.24, 2.45) is 0 Å². The molecule has 2 N–H and O–H groups in total. The van der Waals surface area contributed by atoms with Crippen LogP contribution in [0.3, 0.4) is 0 Å². The van der Waals surface area contributed by atoms with Gasteiger partial charge in [-0.1, -0.05) is 12.1 Å². The summed E-state index contributed by atoms with van der Waals surface area (Å²) in [4.78, 5) is 25.7. The highest BCUT2D eigenvalue weighted by atomic mass is 16.5. The quantitative estimate of drug-likeness (QED) is 0.784. The Kier molecular flexibility index (Phi) is 5.98. The number of nitrogens with one attached hydrogen (secondary N) is 2.